The first kappa shape index (κ1) is 9.71. The minimum atomic E-state index is 0.855. The molecule has 0 amide bonds. The Balaban J connectivity index is 1.87. The second-order valence-electron chi connectivity index (χ2n) is 4.68. The molecule has 0 bridgehead atoms. The van der Waals surface area contributed by atoms with E-state index in [2.05, 4.69) is 39.0 Å². The summed E-state index contributed by atoms with van der Waals surface area (Å²) in [4.78, 5) is 2.49. The topological polar surface area (TPSA) is 3.24 Å². The Morgan fingerprint density at radius 1 is 1.13 bits per heavy atom. The van der Waals surface area contributed by atoms with E-state index in [4.69, 9.17) is 0 Å². The summed E-state index contributed by atoms with van der Waals surface area (Å²) in [6.07, 6.45) is 5.46. The van der Waals surface area contributed by atoms with Gasteiger partial charge in [0, 0.05) is 17.6 Å². The van der Waals surface area contributed by atoms with Crippen molar-refractivity contribution in [3.63, 3.8) is 0 Å². The van der Waals surface area contributed by atoms with Crippen molar-refractivity contribution in [2.45, 2.75) is 31.6 Å². The van der Waals surface area contributed by atoms with Crippen LogP contribution in [0.3, 0.4) is 0 Å². The molecule has 80 valence electrons. The van der Waals surface area contributed by atoms with Crippen molar-refractivity contribution in [1.29, 1.82) is 0 Å². The SMILES string of the molecule is Brc1cc(C2CC2)ccc1N1CCCC1. The summed E-state index contributed by atoms with van der Waals surface area (Å²) in [5, 5.41) is 0. The van der Waals surface area contributed by atoms with Crippen molar-refractivity contribution >= 4 is 21.6 Å². The van der Waals surface area contributed by atoms with Gasteiger partial charge in [0.15, 0.2) is 0 Å². The Bertz CT molecular complexity index is 365. The normalized spacial score (nSPS) is 21.0. The largest absolute Gasteiger partial charge is 0.371 e. The summed E-state index contributed by atoms with van der Waals surface area (Å²) >= 11 is 3.71. The lowest BCUT2D eigenvalue weighted by molar-refractivity contribution is 0.949. The first-order chi connectivity index (χ1) is 7.34. The van der Waals surface area contributed by atoms with E-state index in [0.717, 1.165) is 5.92 Å². The molecule has 1 saturated heterocycles. The van der Waals surface area contributed by atoms with Gasteiger partial charge in [-0.15, -0.1) is 0 Å². The average Bonchev–Trinajstić information content (AvgIpc) is 2.95. The molecule has 1 aliphatic heterocycles. The van der Waals surface area contributed by atoms with Crippen LogP contribution in [0, 0.1) is 0 Å². The maximum Gasteiger partial charge on any atom is 0.0510 e. The van der Waals surface area contributed by atoms with E-state index in [0.29, 0.717) is 0 Å². The molecule has 1 aliphatic carbocycles. The summed E-state index contributed by atoms with van der Waals surface area (Å²) in [5.41, 5.74) is 2.90. The number of nitrogens with zero attached hydrogens (tertiary/aromatic N) is 1. The van der Waals surface area contributed by atoms with Crippen LogP contribution in [0.1, 0.15) is 37.2 Å². The molecule has 0 radical (unpaired) electrons. The molecular formula is C13H16BrN. The highest BCUT2D eigenvalue weighted by molar-refractivity contribution is 9.10. The lowest BCUT2D eigenvalue weighted by Gasteiger charge is -2.19. The zero-order valence-corrected chi connectivity index (χ0v) is 10.5. The van der Waals surface area contributed by atoms with Crippen molar-refractivity contribution < 1.29 is 0 Å². The predicted octanol–water partition coefficient (Wildman–Crippen LogP) is 3.93. The van der Waals surface area contributed by atoms with Crippen LogP contribution in [0.4, 0.5) is 5.69 Å². The molecule has 2 heteroatoms. The van der Waals surface area contributed by atoms with Gasteiger partial charge in [0.05, 0.1) is 5.69 Å². The Morgan fingerprint density at radius 2 is 1.87 bits per heavy atom. The van der Waals surface area contributed by atoms with E-state index >= 15 is 0 Å². The highest BCUT2D eigenvalue weighted by Gasteiger charge is 2.24. The van der Waals surface area contributed by atoms with Crippen LogP contribution in [0.25, 0.3) is 0 Å². The molecule has 1 nitrogen and oxygen atoms in total. The molecule has 0 unspecified atom stereocenters. The number of halogens is 1. The van der Waals surface area contributed by atoms with Crippen molar-refractivity contribution in [2.24, 2.45) is 0 Å². The molecule has 0 aromatic heterocycles. The van der Waals surface area contributed by atoms with E-state index in [9.17, 15) is 0 Å². The maximum atomic E-state index is 3.71. The third-order valence-electron chi connectivity index (χ3n) is 3.47. The van der Waals surface area contributed by atoms with Crippen LogP contribution < -0.4 is 4.90 Å². The summed E-state index contributed by atoms with van der Waals surface area (Å²) in [6.45, 7) is 2.45. The predicted molar refractivity (Wildman–Crippen MR) is 67.6 cm³/mol. The van der Waals surface area contributed by atoms with Crippen LogP contribution in [-0.4, -0.2) is 13.1 Å². The van der Waals surface area contributed by atoms with Crippen molar-refractivity contribution in [3.8, 4) is 0 Å². The first-order valence-corrected chi connectivity index (χ1v) is 6.68. The van der Waals surface area contributed by atoms with Gasteiger partial charge in [-0.1, -0.05) is 6.07 Å². The molecule has 1 aromatic rings. The third-order valence-corrected chi connectivity index (χ3v) is 4.10. The quantitative estimate of drug-likeness (QED) is 0.784. The van der Waals surface area contributed by atoms with E-state index in [1.165, 1.54) is 54.5 Å². The molecule has 3 rings (SSSR count). The zero-order valence-electron chi connectivity index (χ0n) is 8.88. The monoisotopic (exact) mass is 265 g/mol. The van der Waals surface area contributed by atoms with Crippen LogP contribution >= 0.6 is 15.9 Å². The van der Waals surface area contributed by atoms with E-state index in [1.54, 1.807) is 0 Å². The second-order valence-corrected chi connectivity index (χ2v) is 5.53. The number of hydrogen-bond donors (Lipinski definition) is 0. The van der Waals surface area contributed by atoms with Crippen LogP contribution in [-0.2, 0) is 0 Å². The van der Waals surface area contributed by atoms with Gasteiger partial charge in [-0.25, -0.2) is 0 Å². The molecule has 0 atom stereocenters. The van der Waals surface area contributed by atoms with Gasteiger partial charge in [-0.2, -0.15) is 0 Å². The van der Waals surface area contributed by atoms with Crippen molar-refractivity contribution in [1.82, 2.24) is 0 Å². The standard InChI is InChI=1S/C13H16BrN/c14-12-9-11(10-3-4-10)5-6-13(12)15-7-1-2-8-15/h5-6,9-10H,1-4,7-8H2. The highest BCUT2D eigenvalue weighted by atomic mass is 79.9. The molecule has 2 fully saturated rings. The summed E-state index contributed by atoms with van der Waals surface area (Å²) in [5.74, 6) is 0.855. The second kappa shape index (κ2) is 3.82. The minimum absolute atomic E-state index is 0.855. The summed E-state index contributed by atoms with van der Waals surface area (Å²) < 4.78 is 1.29. The Kier molecular flexibility index (Phi) is 2.47. The zero-order chi connectivity index (χ0) is 10.3. The van der Waals surface area contributed by atoms with Crippen molar-refractivity contribution in [2.75, 3.05) is 18.0 Å². The number of rotatable bonds is 2. The minimum Gasteiger partial charge on any atom is -0.371 e. The lowest BCUT2D eigenvalue weighted by Crippen LogP contribution is -2.17. The fourth-order valence-corrected chi connectivity index (χ4v) is 3.06. The molecular weight excluding hydrogens is 250 g/mol. The number of anilines is 1. The van der Waals surface area contributed by atoms with Gasteiger partial charge >= 0.3 is 0 Å². The average molecular weight is 266 g/mol. The molecule has 15 heavy (non-hydrogen) atoms. The van der Waals surface area contributed by atoms with Gasteiger partial charge in [0.1, 0.15) is 0 Å². The van der Waals surface area contributed by atoms with E-state index in [-0.39, 0.29) is 0 Å². The van der Waals surface area contributed by atoms with Gasteiger partial charge in [0.2, 0.25) is 0 Å². The smallest absolute Gasteiger partial charge is 0.0510 e. The van der Waals surface area contributed by atoms with Gasteiger partial charge < -0.3 is 4.90 Å². The van der Waals surface area contributed by atoms with Gasteiger partial charge in [-0.3, -0.25) is 0 Å². The fraction of sp³-hybridized carbons (Fsp3) is 0.538. The fourth-order valence-electron chi connectivity index (χ4n) is 2.41. The van der Waals surface area contributed by atoms with Crippen LogP contribution in [0.2, 0.25) is 0 Å². The highest BCUT2D eigenvalue weighted by Crippen LogP contribution is 2.42. The number of benzene rings is 1. The third kappa shape index (κ3) is 1.92. The number of hydrogen-bond acceptors (Lipinski definition) is 1. The molecule has 0 N–H and O–H groups in total. The Labute approximate surface area is 99.6 Å². The van der Waals surface area contributed by atoms with Crippen LogP contribution in [0.5, 0.6) is 0 Å². The van der Waals surface area contributed by atoms with Crippen molar-refractivity contribution in [3.05, 3.63) is 28.2 Å². The molecule has 2 aliphatic rings. The first-order valence-electron chi connectivity index (χ1n) is 5.89. The van der Waals surface area contributed by atoms with Crippen LogP contribution in [0.15, 0.2) is 22.7 Å². The van der Waals surface area contributed by atoms with Gasteiger partial charge in [-0.05, 0) is 65.2 Å². The molecule has 0 spiro atoms. The van der Waals surface area contributed by atoms with E-state index in [1.807, 2.05) is 0 Å². The molecule has 1 saturated carbocycles. The Morgan fingerprint density at radius 3 is 2.47 bits per heavy atom. The Hall–Kier alpha value is -0.500. The molecule has 1 heterocycles. The lowest BCUT2D eigenvalue weighted by atomic mass is 10.1. The van der Waals surface area contributed by atoms with E-state index < -0.39 is 0 Å². The molecule has 1 aromatic carbocycles. The maximum absolute atomic E-state index is 3.71. The summed E-state index contributed by atoms with van der Waals surface area (Å²) in [7, 11) is 0. The van der Waals surface area contributed by atoms with Gasteiger partial charge in [0.25, 0.3) is 0 Å². The summed E-state index contributed by atoms with van der Waals surface area (Å²) in [6, 6.07) is 6.93.